The van der Waals surface area contributed by atoms with Crippen molar-refractivity contribution in [3.8, 4) is 6.07 Å². The Labute approximate surface area is 80.1 Å². The second-order valence-electron chi connectivity index (χ2n) is 3.19. The van der Waals surface area contributed by atoms with E-state index in [1.807, 2.05) is 18.0 Å². The van der Waals surface area contributed by atoms with E-state index in [-0.39, 0.29) is 5.75 Å². The van der Waals surface area contributed by atoms with Crippen molar-refractivity contribution in [2.45, 2.75) is 12.8 Å². The lowest BCUT2D eigenvalue weighted by molar-refractivity contribution is 0.343. The molecule has 0 N–H and O–H groups in total. The van der Waals surface area contributed by atoms with Crippen molar-refractivity contribution in [1.82, 2.24) is 4.90 Å². The second-order valence-corrected chi connectivity index (χ2v) is 5.45. The molecule has 0 saturated heterocycles. The molecule has 0 aromatic heterocycles. The molecule has 0 amide bonds. The first-order valence-electron chi connectivity index (χ1n) is 4.19. The summed E-state index contributed by atoms with van der Waals surface area (Å²) in [5, 5.41) is 8.30. The van der Waals surface area contributed by atoms with E-state index in [1.54, 1.807) is 0 Å². The Morgan fingerprint density at radius 1 is 1.38 bits per heavy atom. The molecule has 0 aliphatic rings. The molecule has 13 heavy (non-hydrogen) atoms. The average molecular weight is 204 g/mol. The van der Waals surface area contributed by atoms with E-state index < -0.39 is 9.84 Å². The van der Waals surface area contributed by atoms with Gasteiger partial charge in [0.25, 0.3) is 0 Å². The maximum Gasteiger partial charge on any atom is 0.147 e. The molecule has 0 radical (unpaired) electrons. The number of sulfone groups is 1. The zero-order valence-corrected chi connectivity index (χ0v) is 8.97. The summed E-state index contributed by atoms with van der Waals surface area (Å²) in [6.45, 7) is 1.44. The summed E-state index contributed by atoms with van der Waals surface area (Å²) in [6.07, 6.45) is 2.37. The van der Waals surface area contributed by atoms with Gasteiger partial charge < -0.3 is 4.90 Å². The van der Waals surface area contributed by atoms with Gasteiger partial charge in [0.2, 0.25) is 0 Å². The van der Waals surface area contributed by atoms with Gasteiger partial charge >= 0.3 is 0 Å². The van der Waals surface area contributed by atoms with Crippen LogP contribution < -0.4 is 0 Å². The molecular formula is C8H16N2O2S. The van der Waals surface area contributed by atoms with Crippen molar-refractivity contribution >= 4 is 9.84 Å². The van der Waals surface area contributed by atoms with Gasteiger partial charge in [0, 0.05) is 19.2 Å². The Morgan fingerprint density at radius 2 is 2.00 bits per heavy atom. The molecule has 0 aromatic carbocycles. The van der Waals surface area contributed by atoms with E-state index in [0.717, 1.165) is 6.54 Å². The highest BCUT2D eigenvalue weighted by Gasteiger charge is 2.03. The van der Waals surface area contributed by atoms with Crippen LogP contribution in [-0.4, -0.2) is 45.5 Å². The molecule has 0 unspecified atom stereocenters. The molecule has 0 spiro atoms. The van der Waals surface area contributed by atoms with E-state index in [0.29, 0.717) is 19.4 Å². The summed E-state index contributed by atoms with van der Waals surface area (Å²) >= 11 is 0. The van der Waals surface area contributed by atoms with Crippen LogP contribution in [0.25, 0.3) is 0 Å². The summed E-state index contributed by atoms with van der Waals surface area (Å²) in [4.78, 5) is 1.97. The van der Waals surface area contributed by atoms with E-state index in [9.17, 15) is 8.42 Å². The van der Waals surface area contributed by atoms with Crippen molar-refractivity contribution in [2.24, 2.45) is 0 Å². The fraction of sp³-hybridized carbons (Fsp3) is 0.875. The zero-order valence-electron chi connectivity index (χ0n) is 8.15. The summed E-state index contributed by atoms with van der Waals surface area (Å²) in [6, 6.07) is 2.05. The van der Waals surface area contributed by atoms with Gasteiger partial charge in [-0.15, -0.1) is 0 Å². The van der Waals surface area contributed by atoms with Crippen molar-refractivity contribution in [3.63, 3.8) is 0 Å². The lowest BCUT2D eigenvalue weighted by atomic mass is 10.4. The number of nitrogens with zero attached hydrogens (tertiary/aromatic N) is 2. The molecule has 76 valence electrons. The molecule has 5 heteroatoms. The van der Waals surface area contributed by atoms with Crippen molar-refractivity contribution in [3.05, 3.63) is 0 Å². The SMILES string of the molecule is CN(CCC#N)CCCS(C)(=O)=O. The number of hydrogen-bond donors (Lipinski definition) is 0. The van der Waals surface area contributed by atoms with Crippen LogP contribution in [0.2, 0.25) is 0 Å². The van der Waals surface area contributed by atoms with E-state index in [2.05, 4.69) is 0 Å². The second kappa shape index (κ2) is 5.95. The van der Waals surface area contributed by atoms with Gasteiger partial charge in [-0.05, 0) is 20.0 Å². The van der Waals surface area contributed by atoms with Gasteiger partial charge in [-0.1, -0.05) is 0 Å². The monoisotopic (exact) mass is 204 g/mol. The number of rotatable bonds is 6. The predicted octanol–water partition coefficient (Wildman–Crippen LogP) is 0.267. The van der Waals surface area contributed by atoms with Crippen molar-refractivity contribution in [2.75, 3.05) is 32.1 Å². The Morgan fingerprint density at radius 3 is 2.46 bits per heavy atom. The summed E-state index contributed by atoms with van der Waals surface area (Å²) in [7, 11) is -0.943. The molecule has 0 aliphatic carbocycles. The maximum absolute atomic E-state index is 10.8. The van der Waals surface area contributed by atoms with Gasteiger partial charge in [-0.2, -0.15) is 5.26 Å². The highest BCUT2D eigenvalue weighted by molar-refractivity contribution is 7.90. The van der Waals surface area contributed by atoms with E-state index in [1.165, 1.54) is 6.26 Å². The summed E-state index contributed by atoms with van der Waals surface area (Å²) < 4.78 is 21.5. The molecule has 0 aromatic rings. The van der Waals surface area contributed by atoms with Crippen molar-refractivity contribution < 1.29 is 8.42 Å². The summed E-state index contributed by atoms with van der Waals surface area (Å²) in [5.74, 6) is 0.226. The molecule has 0 bridgehead atoms. The molecular weight excluding hydrogens is 188 g/mol. The Balaban J connectivity index is 3.49. The van der Waals surface area contributed by atoms with E-state index >= 15 is 0 Å². The van der Waals surface area contributed by atoms with Crippen LogP contribution in [0.5, 0.6) is 0 Å². The fourth-order valence-corrected chi connectivity index (χ4v) is 1.60. The number of nitriles is 1. The highest BCUT2D eigenvalue weighted by atomic mass is 32.2. The lowest BCUT2D eigenvalue weighted by Crippen LogP contribution is -2.22. The van der Waals surface area contributed by atoms with E-state index in [4.69, 9.17) is 5.26 Å². The third-order valence-electron chi connectivity index (χ3n) is 1.66. The Kier molecular flexibility index (Phi) is 5.67. The third kappa shape index (κ3) is 9.31. The maximum atomic E-state index is 10.8. The Hall–Kier alpha value is -0.600. The molecule has 0 saturated carbocycles. The van der Waals surface area contributed by atoms with Crippen LogP contribution in [0.3, 0.4) is 0 Å². The van der Waals surface area contributed by atoms with Crippen LogP contribution in [0.15, 0.2) is 0 Å². The average Bonchev–Trinajstić information content (AvgIpc) is 1.98. The van der Waals surface area contributed by atoms with Gasteiger partial charge in [-0.25, -0.2) is 8.42 Å². The molecule has 0 atom stereocenters. The minimum Gasteiger partial charge on any atom is -0.305 e. The van der Waals surface area contributed by atoms with Crippen LogP contribution >= 0.6 is 0 Å². The predicted molar refractivity (Wildman–Crippen MR) is 52.1 cm³/mol. The van der Waals surface area contributed by atoms with Gasteiger partial charge in [-0.3, -0.25) is 0 Å². The molecule has 0 fully saturated rings. The smallest absolute Gasteiger partial charge is 0.147 e. The molecule has 4 nitrogen and oxygen atoms in total. The van der Waals surface area contributed by atoms with Gasteiger partial charge in [0.1, 0.15) is 9.84 Å². The quantitative estimate of drug-likeness (QED) is 0.623. The minimum absolute atomic E-state index is 0.226. The normalized spacial score (nSPS) is 11.5. The third-order valence-corrected chi connectivity index (χ3v) is 2.69. The van der Waals surface area contributed by atoms with Crippen LogP contribution in [0.1, 0.15) is 12.8 Å². The fourth-order valence-electron chi connectivity index (χ4n) is 0.949. The number of hydrogen-bond acceptors (Lipinski definition) is 4. The minimum atomic E-state index is -2.83. The lowest BCUT2D eigenvalue weighted by Gasteiger charge is -2.13. The standard InChI is InChI=1S/C8H16N2O2S/c1-10(6-3-5-9)7-4-8-13(2,11)12/h3-4,6-8H2,1-2H3. The first-order chi connectivity index (χ1) is 5.95. The van der Waals surface area contributed by atoms with Crippen LogP contribution in [0, 0.1) is 11.3 Å². The molecule has 0 heterocycles. The topological polar surface area (TPSA) is 61.2 Å². The van der Waals surface area contributed by atoms with Crippen LogP contribution in [0.4, 0.5) is 0 Å². The Bertz CT molecular complexity index is 266. The highest BCUT2D eigenvalue weighted by Crippen LogP contribution is 1.93. The first kappa shape index (κ1) is 12.4. The molecule has 0 aliphatic heterocycles. The van der Waals surface area contributed by atoms with Gasteiger partial charge in [0.15, 0.2) is 0 Å². The zero-order chi connectivity index (χ0) is 10.3. The van der Waals surface area contributed by atoms with Crippen LogP contribution in [-0.2, 0) is 9.84 Å². The first-order valence-corrected chi connectivity index (χ1v) is 6.25. The largest absolute Gasteiger partial charge is 0.305 e. The molecule has 0 rings (SSSR count). The van der Waals surface area contributed by atoms with Gasteiger partial charge in [0.05, 0.1) is 11.8 Å². The van der Waals surface area contributed by atoms with Crippen molar-refractivity contribution in [1.29, 1.82) is 5.26 Å². The summed E-state index contributed by atoms with van der Waals surface area (Å²) in [5.41, 5.74) is 0.